The van der Waals surface area contributed by atoms with Gasteiger partial charge in [0.05, 0.1) is 17.5 Å². The van der Waals surface area contributed by atoms with Crippen molar-refractivity contribution in [3.05, 3.63) is 78.4 Å². The Kier molecular flexibility index (Phi) is 6.11. The van der Waals surface area contributed by atoms with Gasteiger partial charge >= 0.3 is 0 Å². The summed E-state index contributed by atoms with van der Waals surface area (Å²) in [6.07, 6.45) is 0. The molecule has 0 aliphatic rings. The minimum absolute atomic E-state index is 0.192. The Labute approximate surface area is 166 Å². The molecule has 0 aliphatic carbocycles. The third-order valence-corrected chi connectivity index (χ3v) is 6.63. The molecular formula is C22H24N2O3S. The summed E-state index contributed by atoms with van der Waals surface area (Å²) in [5.74, 6) is -0.331. The van der Waals surface area contributed by atoms with Crippen molar-refractivity contribution in [1.82, 2.24) is 9.62 Å². The molecule has 3 rings (SSSR count). The van der Waals surface area contributed by atoms with E-state index in [-0.39, 0.29) is 29.9 Å². The number of carbonyl (C=O) groups is 1. The molecule has 146 valence electrons. The molecule has 0 radical (unpaired) electrons. The fourth-order valence-electron chi connectivity index (χ4n) is 3.12. The molecule has 0 fully saturated rings. The first-order chi connectivity index (χ1) is 13.4. The molecule has 0 spiro atoms. The molecule has 1 atom stereocenters. The van der Waals surface area contributed by atoms with Crippen LogP contribution < -0.4 is 5.32 Å². The fraction of sp³-hybridized carbons (Fsp3) is 0.227. The van der Waals surface area contributed by atoms with E-state index in [1.165, 1.54) is 4.31 Å². The van der Waals surface area contributed by atoms with Crippen molar-refractivity contribution < 1.29 is 13.2 Å². The summed E-state index contributed by atoms with van der Waals surface area (Å²) in [6, 6.07) is 22.0. The summed E-state index contributed by atoms with van der Waals surface area (Å²) < 4.78 is 27.3. The summed E-state index contributed by atoms with van der Waals surface area (Å²) in [6.45, 7) is 3.60. The third-order valence-electron chi connectivity index (χ3n) is 4.71. The first kappa shape index (κ1) is 20.0. The van der Waals surface area contributed by atoms with Crippen molar-refractivity contribution in [3.63, 3.8) is 0 Å². The van der Waals surface area contributed by atoms with Crippen molar-refractivity contribution in [3.8, 4) is 0 Å². The fourth-order valence-corrected chi connectivity index (χ4v) is 4.56. The highest BCUT2D eigenvalue weighted by Crippen LogP contribution is 2.22. The zero-order chi connectivity index (χ0) is 20.1. The number of hydrogen-bond acceptors (Lipinski definition) is 3. The maximum absolute atomic E-state index is 13.0. The molecule has 0 saturated heterocycles. The Morgan fingerprint density at radius 1 is 0.964 bits per heavy atom. The normalized spacial score (nSPS) is 12.8. The van der Waals surface area contributed by atoms with Gasteiger partial charge in [0.2, 0.25) is 15.9 Å². The van der Waals surface area contributed by atoms with Gasteiger partial charge in [-0.2, -0.15) is 4.31 Å². The van der Waals surface area contributed by atoms with Crippen LogP contribution in [0.1, 0.15) is 25.5 Å². The van der Waals surface area contributed by atoms with Crippen LogP contribution in [0.25, 0.3) is 10.8 Å². The van der Waals surface area contributed by atoms with Gasteiger partial charge in [-0.05, 0) is 35.4 Å². The van der Waals surface area contributed by atoms with E-state index in [9.17, 15) is 13.2 Å². The SMILES string of the molecule is CCN(CC(=O)NC(C)c1ccccc1)S(=O)(=O)c1ccc2ccccc2c1. The van der Waals surface area contributed by atoms with Gasteiger partial charge in [0.1, 0.15) is 0 Å². The van der Waals surface area contributed by atoms with Crippen molar-refractivity contribution in [2.24, 2.45) is 0 Å². The van der Waals surface area contributed by atoms with E-state index in [0.717, 1.165) is 16.3 Å². The molecule has 3 aromatic carbocycles. The average Bonchev–Trinajstić information content (AvgIpc) is 2.72. The average molecular weight is 397 g/mol. The monoisotopic (exact) mass is 396 g/mol. The lowest BCUT2D eigenvalue weighted by Gasteiger charge is -2.22. The number of sulfonamides is 1. The predicted octanol–water partition coefficient (Wildman–Crippen LogP) is 3.73. The van der Waals surface area contributed by atoms with Crippen LogP contribution in [0.3, 0.4) is 0 Å². The summed E-state index contributed by atoms with van der Waals surface area (Å²) in [7, 11) is -3.77. The lowest BCUT2D eigenvalue weighted by Crippen LogP contribution is -2.41. The van der Waals surface area contributed by atoms with E-state index < -0.39 is 10.0 Å². The van der Waals surface area contributed by atoms with E-state index in [4.69, 9.17) is 0 Å². The summed E-state index contributed by atoms with van der Waals surface area (Å²) >= 11 is 0. The molecular weight excluding hydrogens is 372 g/mol. The Balaban J connectivity index is 1.76. The molecule has 0 aliphatic heterocycles. The first-order valence-electron chi connectivity index (χ1n) is 9.25. The second-order valence-electron chi connectivity index (χ2n) is 6.64. The number of amides is 1. The van der Waals surface area contributed by atoms with Crippen molar-refractivity contribution in [2.75, 3.05) is 13.1 Å². The number of nitrogens with one attached hydrogen (secondary N) is 1. The van der Waals surface area contributed by atoms with E-state index in [1.54, 1.807) is 25.1 Å². The molecule has 0 heterocycles. The highest BCUT2D eigenvalue weighted by molar-refractivity contribution is 7.89. The molecule has 0 bridgehead atoms. The highest BCUT2D eigenvalue weighted by atomic mass is 32.2. The van der Waals surface area contributed by atoms with Crippen LogP contribution in [-0.4, -0.2) is 31.7 Å². The highest BCUT2D eigenvalue weighted by Gasteiger charge is 2.26. The van der Waals surface area contributed by atoms with Crippen LogP contribution in [0.5, 0.6) is 0 Å². The smallest absolute Gasteiger partial charge is 0.243 e. The first-order valence-corrected chi connectivity index (χ1v) is 10.7. The quantitative estimate of drug-likeness (QED) is 0.662. The van der Waals surface area contributed by atoms with Gasteiger partial charge < -0.3 is 5.32 Å². The molecule has 0 aromatic heterocycles. The number of benzene rings is 3. The standard InChI is InChI=1S/C22H24N2O3S/c1-3-24(16-22(25)23-17(2)18-9-5-4-6-10-18)28(26,27)21-14-13-19-11-7-8-12-20(19)15-21/h4-15,17H,3,16H2,1-2H3,(H,23,25). The molecule has 0 saturated carbocycles. The second-order valence-corrected chi connectivity index (χ2v) is 8.58. The molecule has 3 aromatic rings. The molecule has 6 heteroatoms. The number of nitrogens with zero attached hydrogens (tertiary/aromatic N) is 1. The van der Waals surface area contributed by atoms with Crippen LogP contribution in [0.2, 0.25) is 0 Å². The van der Waals surface area contributed by atoms with E-state index in [1.807, 2.05) is 61.5 Å². The van der Waals surface area contributed by atoms with Gasteiger partial charge in [-0.1, -0.05) is 67.6 Å². The number of carbonyl (C=O) groups excluding carboxylic acids is 1. The minimum Gasteiger partial charge on any atom is -0.348 e. The number of fused-ring (bicyclic) bond motifs is 1. The summed E-state index contributed by atoms with van der Waals surface area (Å²) in [4.78, 5) is 12.7. The van der Waals surface area contributed by atoms with E-state index in [2.05, 4.69) is 5.32 Å². The Morgan fingerprint density at radius 3 is 2.29 bits per heavy atom. The van der Waals surface area contributed by atoms with Crippen LogP contribution in [0, 0.1) is 0 Å². The maximum atomic E-state index is 13.0. The summed E-state index contributed by atoms with van der Waals surface area (Å²) in [5, 5.41) is 4.69. The number of hydrogen-bond donors (Lipinski definition) is 1. The van der Waals surface area contributed by atoms with Crippen LogP contribution >= 0.6 is 0 Å². The van der Waals surface area contributed by atoms with Gasteiger partial charge in [-0.25, -0.2) is 8.42 Å². The van der Waals surface area contributed by atoms with E-state index in [0.29, 0.717) is 0 Å². The zero-order valence-electron chi connectivity index (χ0n) is 16.0. The Bertz CT molecular complexity index is 1070. The zero-order valence-corrected chi connectivity index (χ0v) is 16.8. The molecule has 1 amide bonds. The topological polar surface area (TPSA) is 66.5 Å². The maximum Gasteiger partial charge on any atom is 0.243 e. The van der Waals surface area contributed by atoms with Gasteiger partial charge in [0.25, 0.3) is 0 Å². The third kappa shape index (κ3) is 4.40. The lowest BCUT2D eigenvalue weighted by molar-refractivity contribution is -0.121. The van der Waals surface area contributed by atoms with Crippen LogP contribution in [-0.2, 0) is 14.8 Å². The minimum atomic E-state index is -3.77. The van der Waals surface area contributed by atoms with Gasteiger partial charge in [-0.3, -0.25) is 4.79 Å². The van der Waals surface area contributed by atoms with Gasteiger partial charge in [0, 0.05) is 6.54 Å². The largest absolute Gasteiger partial charge is 0.348 e. The number of rotatable bonds is 7. The lowest BCUT2D eigenvalue weighted by atomic mass is 10.1. The Morgan fingerprint density at radius 2 is 1.61 bits per heavy atom. The van der Waals surface area contributed by atoms with Crippen molar-refractivity contribution >= 4 is 26.7 Å². The van der Waals surface area contributed by atoms with Crippen LogP contribution in [0.15, 0.2) is 77.7 Å². The molecule has 28 heavy (non-hydrogen) atoms. The van der Waals surface area contributed by atoms with E-state index >= 15 is 0 Å². The molecule has 1 N–H and O–H groups in total. The van der Waals surface area contributed by atoms with Gasteiger partial charge in [-0.15, -0.1) is 0 Å². The molecule has 1 unspecified atom stereocenters. The van der Waals surface area contributed by atoms with Crippen LogP contribution in [0.4, 0.5) is 0 Å². The Hall–Kier alpha value is -2.70. The number of likely N-dealkylation sites (N-methyl/N-ethyl adjacent to an activating group) is 1. The predicted molar refractivity (Wildman–Crippen MR) is 111 cm³/mol. The van der Waals surface area contributed by atoms with Crippen molar-refractivity contribution in [2.45, 2.75) is 24.8 Å². The van der Waals surface area contributed by atoms with Gasteiger partial charge in [0.15, 0.2) is 0 Å². The molecule has 5 nitrogen and oxygen atoms in total. The van der Waals surface area contributed by atoms with Crippen molar-refractivity contribution in [1.29, 1.82) is 0 Å². The second kappa shape index (κ2) is 8.54. The summed E-state index contributed by atoms with van der Waals surface area (Å²) in [5.41, 5.74) is 0.969.